The number of para-hydroxylation sites is 1. The molecule has 0 aliphatic carbocycles. The average Bonchev–Trinajstić information content (AvgIpc) is 2.88. The van der Waals surface area contributed by atoms with E-state index in [1.54, 1.807) is 25.1 Å². The number of aromatic nitrogens is 2. The van der Waals surface area contributed by atoms with Crippen LogP contribution in [0.4, 0.5) is 5.69 Å². The Morgan fingerprint density at radius 3 is 2.56 bits per heavy atom. The summed E-state index contributed by atoms with van der Waals surface area (Å²) in [6, 6.07) is 13.7. The molecule has 6 nitrogen and oxygen atoms in total. The van der Waals surface area contributed by atoms with Crippen LogP contribution >= 0.6 is 15.9 Å². The molecule has 0 saturated carbocycles. The zero-order valence-electron chi connectivity index (χ0n) is 13.2. The van der Waals surface area contributed by atoms with E-state index in [0.29, 0.717) is 22.6 Å². The van der Waals surface area contributed by atoms with Crippen LogP contribution in [0.2, 0.25) is 0 Å². The van der Waals surface area contributed by atoms with Gasteiger partial charge in [0, 0.05) is 16.4 Å². The van der Waals surface area contributed by atoms with Crippen molar-refractivity contribution in [1.82, 2.24) is 9.78 Å². The zero-order valence-corrected chi connectivity index (χ0v) is 14.8. The summed E-state index contributed by atoms with van der Waals surface area (Å²) >= 11 is 3.36. The average molecular weight is 400 g/mol. The van der Waals surface area contributed by atoms with Crippen LogP contribution < -0.4 is 5.56 Å². The number of hydrogen-bond acceptors (Lipinski definition) is 3. The van der Waals surface area contributed by atoms with Crippen molar-refractivity contribution in [2.45, 2.75) is 6.92 Å². The lowest BCUT2D eigenvalue weighted by Crippen LogP contribution is -2.17. The summed E-state index contributed by atoms with van der Waals surface area (Å²) in [5.74, 6) is -1.06. The number of carbonyl (C=O) groups is 1. The minimum Gasteiger partial charge on any atom is -0.478 e. The summed E-state index contributed by atoms with van der Waals surface area (Å²) in [6.45, 7) is 1.77. The number of halogens is 1. The van der Waals surface area contributed by atoms with Gasteiger partial charge in [0.15, 0.2) is 0 Å². The Kier molecular flexibility index (Phi) is 4.67. The highest BCUT2D eigenvalue weighted by Crippen LogP contribution is 2.18. The summed E-state index contributed by atoms with van der Waals surface area (Å²) < 4.78 is 2.34. The molecular formula is C18H14BrN3O3. The maximum Gasteiger partial charge on any atom is 0.337 e. The lowest BCUT2D eigenvalue weighted by atomic mass is 10.2. The number of carboxylic acids is 1. The first kappa shape index (κ1) is 16.9. The second-order valence-corrected chi connectivity index (χ2v) is 6.26. The molecule has 0 spiro atoms. The fraction of sp³-hybridized carbons (Fsp3) is 0.0556. The normalized spacial score (nSPS) is 11.1. The van der Waals surface area contributed by atoms with Crippen molar-refractivity contribution in [1.29, 1.82) is 0 Å². The van der Waals surface area contributed by atoms with Crippen molar-refractivity contribution < 1.29 is 9.90 Å². The first-order valence-corrected chi connectivity index (χ1v) is 8.20. The standard InChI is InChI=1S/C18H14BrN3O3/c1-11-15(10-20-16-5-3-2-4-14(16)18(24)25)17(23)22(21-11)13-8-6-12(19)7-9-13/h2-10,21H,1H3,(H,24,25). The van der Waals surface area contributed by atoms with Crippen LogP contribution in [0.1, 0.15) is 21.6 Å². The zero-order chi connectivity index (χ0) is 18.0. The highest BCUT2D eigenvalue weighted by Gasteiger charge is 2.12. The molecule has 0 radical (unpaired) electrons. The molecule has 0 amide bonds. The van der Waals surface area contributed by atoms with Crippen LogP contribution in [0.15, 0.2) is 62.8 Å². The molecule has 0 unspecified atom stereocenters. The van der Waals surface area contributed by atoms with Crippen LogP contribution in [0.5, 0.6) is 0 Å². The molecule has 0 saturated heterocycles. The number of aromatic amines is 1. The Bertz CT molecular complexity index is 1020. The summed E-state index contributed by atoms with van der Waals surface area (Å²) in [6.07, 6.45) is 1.39. The number of carboxylic acid groups (broad SMARTS) is 1. The number of aryl methyl sites for hydroxylation is 1. The largest absolute Gasteiger partial charge is 0.478 e. The molecule has 25 heavy (non-hydrogen) atoms. The third kappa shape index (κ3) is 3.46. The number of aromatic carboxylic acids is 1. The molecule has 3 rings (SSSR count). The van der Waals surface area contributed by atoms with Crippen molar-refractivity contribution in [3.63, 3.8) is 0 Å². The van der Waals surface area contributed by atoms with Crippen molar-refractivity contribution in [3.05, 3.63) is 80.2 Å². The summed E-state index contributed by atoms with van der Waals surface area (Å²) in [5, 5.41) is 12.2. The Balaban J connectivity index is 2.01. The van der Waals surface area contributed by atoms with Gasteiger partial charge in [-0.05, 0) is 43.3 Å². The molecule has 2 N–H and O–H groups in total. The highest BCUT2D eigenvalue weighted by molar-refractivity contribution is 9.10. The number of H-pyrrole nitrogens is 1. The predicted octanol–water partition coefficient (Wildman–Crippen LogP) is 3.69. The lowest BCUT2D eigenvalue weighted by Gasteiger charge is -2.00. The third-order valence-electron chi connectivity index (χ3n) is 3.67. The van der Waals surface area contributed by atoms with E-state index in [-0.39, 0.29) is 11.1 Å². The summed E-state index contributed by atoms with van der Waals surface area (Å²) in [5.41, 5.74) is 1.84. The number of aliphatic imine (C=N–C) groups is 1. The fourth-order valence-corrected chi connectivity index (χ4v) is 2.65. The van der Waals surface area contributed by atoms with E-state index < -0.39 is 5.97 Å². The van der Waals surface area contributed by atoms with Gasteiger partial charge in [0.2, 0.25) is 0 Å². The first-order chi connectivity index (χ1) is 12.0. The third-order valence-corrected chi connectivity index (χ3v) is 4.20. The van der Waals surface area contributed by atoms with E-state index in [4.69, 9.17) is 0 Å². The summed E-state index contributed by atoms with van der Waals surface area (Å²) in [7, 11) is 0. The quantitative estimate of drug-likeness (QED) is 0.655. The van der Waals surface area contributed by atoms with Gasteiger partial charge >= 0.3 is 5.97 Å². The van der Waals surface area contributed by atoms with Crippen molar-refractivity contribution in [2.24, 2.45) is 4.99 Å². The number of benzene rings is 2. The molecular weight excluding hydrogens is 386 g/mol. The maximum absolute atomic E-state index is 12.6. The van der Waals surface area contributed by atoms with E-state index in [1.165, 1.54) is 17.0 Å². The topological polar surface area (TPSA) is 87.5 Å². The lowest BCUT2D eigenvalue weighted by molar-refractivity contribution is 0.0698. The molecule has 1 heterocycles. The monoisotopic (exact) mass is 399 g/mol. The van der Waals surface area contributed by atoms with Crippen LogP contribution in [-0.4, -0.2) is 27.1 Å². The first-order valence-electron chi connectivity index (χ1n) is 7.41. The van der Waals surface area contributed by atoms with Gasteiger partial charge in [-0.3, -0.25) is 14.9 Å². The Hall–Kier alpha value is -2.93. The Morgan fingerprint density at radius 2 is 1.88 bits per heavy atom. The van der Waals surface area contributed by atoms with Gasteiger partial charge in [0.25, 0.3) is 5.56 Å². The maximum atomic E-state index is 12.6. The molecule has 1 aromatic heterocycles. The van der Waals surface area contributed by atoms with Gasteiger partial charge in [-0.15, -0.1) is 0 Å². The SMILES string of the molecule is Cc1[nH]n(-c2ccc(Br)cc2)c(=O)c1C=Nc1ccccc1C(=O)O. The van der Waals surface area contributed by atoms with Gasteiger partial charge in [0.05, 0.1) is 22.5 Å². The molecule has 0 aliphatic heterocycles. The number of hydrogen-bond donors (Lipinski definition) is 2. The second-order valence-electron chi connectivity index (χ2n) is 5.35. The molecule has 0 bridgehead atoms. The minimum absolute atomic E-state index is 0.0835. The van der Waals surface area contributed by atoms with E-state index >= 15 is 0 Å². The smallest absolute Gasteiger partial charge is 0.337 e. The van der Waals surface area contributed by atoms with Crippen LogP contribution in [-0.2, 0) is 0 Å². The highest BCUT2D eigenvalue weighted by atomic mass is 79.9. The van der Waals surface area contributed by atoms with Gasteiger partial charge < -0.3 is 5.11 Å². The Labute approximate surface area is 151 Å². The molecule has 0 fully saturated rings. The second kappa shape index (κ2) is 6.90. The van der Waals surface area contributed by atoms with Crippen molar-refractivity contribution >= 4 is 33.8 Å². The van der Waals surface area contributed by atoms with E-state index in [0.717, 1.165) is 4.47 Å². The van der Waals surface area contributed by atoms with Crippen LogP contribution in [0, 0.1) is 6.92 Å². The molecule has 7 heteroatoms. The number of nitrogens with one attached hydrogen (secondary N) is 1. The predicted molar refractivity (Wildman–Crippen MR) is 99.5 cm³/mol. The van der Waals surface area contributed by atoms with Crippen molar-refractivity contribution in [2.75, 3.05) is 0 Å². The van der Waals surface area contributed by atoms with Gasteiger partial charge in [0.1, 0.15) is 0 Å². The Morgan fingerprint density at radius 1 is 1.20 bits per heavy atom. The summed E-state index contributed by atoms with van der Waals surface area (Å²) in [4.78, 5) is 28.1. The van der Waals surface area contributed by atoms with Gasteiger partial charge in [-0.1, -0.05) is 28.1 Å². The van der Waals surface area contributed by atoms with Gasteiger partial charge in [-0.2, -0.15) is 0 Å². The van der Waals surface area contributed by atoms with Crippen molar-refractivity contribution in [3.8, 4) is 5.69 Å². The number of nitrogens with zero attached hydrogens (tertiary/aromatic N) is 2. The van der Waals surface area contributed by atoms with Gasteiger partial charge in [-0.25, -0.2) is 9.48 Å². The molecule has 3 aromatic rings. The van der Waals surface area contributed by atoms with E-state index in [2.05, 4.69) is 26.0 Å². The van der Waals surface area contributed by atoms with Crippen LogP contribution in [0.3, 0.4) is 0 Å². The van der Waals surface area contributed by atoms with Crippen LogP contribution in [0.25, 0.3) is 5.69 Å². The molecule has 0 atom stereocenters. The van der Waals surface area contributed by atoms with E-state index in [1.807, 2.05) is 24.3 Å². The molecule has 0 aliphatic rings. The molecule has 2 aromatic carbocycles. The van der Waals surface area contributed by atoms with E-state index in [9.17, 15) is 14.7 Å². The minimum atomic E-state index is -1.06. The fourth-order valence-electron chi connectivity index (χ4n) is 2.38. The molecule has 126 valence electrons. The number of rotatable bonds is 4.